The number of nitrogens with zero attached hydrogens (tertiary/aromatic N) is 3. The highest BCUT2D eigenvalue weighted by molar-refractivity contribution is 7.98. The number of amides is 1. The molecule has 0 aliphatic rings. The molecule has 1 atom stereocenters. The summed E-state index contributed by atoms with van der Waals surface area (Å²) in [5, 5.41) is 11.6. The largest absolute Gasteiger partial charge is 0.461 e. The molecule has 0 bridgehead atoms. The van der Waals surface area contributed by atoms with Crippen LogP contribution in [0.5, 0.6) is 0 Å². The van der Waals surface area contributed by atoms with E-state index in [1.165, 1.54) is 6.07 Å². The lowest BCUT2D eigenvalue weighted by atomic mass is 10.1. The maximum atomic E-state index is 14.0. The van der Waals surface area contributed by atoms with E-state index in [1.54, 1.807) is 42.1 Å². The van der Waals surface area contributed by atoms with Gasteiger partial charge in [0.25, 0.3) is 0 Å². The Labute approximate surface area is 183 Å². The van der Waals surface area contributed by atoms with Crippen molar-refractivity contribution in [3.63, 3.8) is 0 Å². The molecule has 0 saturated carbocycles. The van der Waals surface area contributed by atoms with Crippen molar-refractivity contribution in [3.05, 3.63) is 78.2 Å². The normalized spacial score (nSPS) is 12.2. The van der Waals surface area contributed by atoms with Gasteiger partial charge in [-0.25, -0.2) is 4.39 Å². The smallest absolute Gasteiger partial charge is 0.221 e. The quantitative estimate of drug-likeness (QED) is 0.411. The van der Waals surface area contributed by atoms with E-state index in [1.807, 2.05) is 35.1 Å². The molecule has 0 spiro atoms. The summed E-state index contributed by atoms with van der Waals surface area (Å²) >= 11 is 1.72. The number of pyridine rings is 1. The second-order valence-corrected chi connectivity index (χ2v) is 8.12. The Kier molecular flexibility index (Phi) is 6.66. The van der Waals surface area contributed by atoms with E-state index in [-0.39, 0.29) is 24.2 Å². The van der Waals surface area contributed by atoms with Gasteiger partial charge < -0.3 is 9.73 Å². The first-order chi connectivity index (χ1) is 15.2. The number of benzene rings is 1. The van der Waals surface area contributed by atoms with Crippen LogP contribution in [0, 0.1) is 5.82 Å². The van der Waals surface area contributed by atoms with Crippen LogP contribution in [0.1, 0.15) is 30.5 Å². The van der Waals surface area contributed by atoms with Crippen LogP contribution in [-0.2, 0) is 11.2 Å². The topological polar surface area (TPSA) is 72.4 Å². The van der Waals surface area contributed by atoms with Crippen molar-refractivity contribution in [1.29, 1.82) is 0 Å². The molecule has 4 rings (SSSR count). The summed E-state index contributed by atoms with van der Waals surface area (Å²) in [4.78, 5) is 12.7. The summed E-state index contributed by atoms with van der Waals surface area (Å²) in [5.41, 5.74) is 1.16. The average Bonchev–Trinajstić information content (AvgIpc) is 3.43. The Hall–Kier alpha value is -3.13. The zero-order chi connectivity index (χ0) is 21.6. The van der Waals surface area contributed by atoms with E-state index in [0.29, 0.717) is 23.5 Å². The SMILES string of the molecule is CSCCC(NC(=O)CCc1ccc(-c2ccccc2F)o1)c1nnc2ccccn12. The minimum absolute atomic E-state index is 0.0948. The van der Waals surface area contributed by atoms with Crippen molar-refractivity contribution in [3.8, 4) is 11.3 Å². The zero-order valence-corrected chi connectivity index (χ0v) is 17.9. The predicted molar refractivity (Wildman–Crippen MR) is 119 cm³/mol. The van der Waals surface area contributed by atoms with Gasteiger partial charge in [0.2, 0.25) is 5.91 Å². The molecule has 1 unspecified atom stereocenters. The number of furan rings is 1. The minimum atomic E-state index is -0.335. The second-order valence-electron chi connectivity index (χ2n) is 7.13. The molecule has 31 heavy (non-hydrogen) atoms. The number of fused-ring (bicyclic) bond motifs is 1. The molecule has 1 amide bonds. The summed E-state index contributed by atoms with van der Waals surface area (Å²) in [5.74, 6) is 2.28. The van der Waals surface area contributed by atoms with Crippen molar-refractivity contribution < 1.29 is 13.6 Å². The number of carbonyl (C=O) groups excluding carboxylic acids is 1. The summed E-state index contributed by atoms with van der Waals surface area (Å²) < 4.78 is 21.6. The third kappa shape index (κ3) is 4.96. The number of aromatic nitrogens is 3. The lowest BCUT2D eigenvalue weighted by molar-refractivity contribution is -0.122. The van der Waals surface area contributed by atoms with Crippen molar-refractivity contribution in [2.75, 3.05) is 12.0 Å². The van der Waals surface area contributed by atoms with E-state index >= 15 is 0 Å². The van der Waals surface area contributed by atoms with E-state index in [4.69, 9.17) is 4.42 Å². The third-order valence-electron chi connectivity index (χ3n) is 5.00. The van der Waals surface area contributed by atoms with Crippen molar-refractivity contribution in [1.82, 2.24) is 19.9 Å². The number of rotatable bonds is 9. The maximum absolute atomic E-state index is 14.0. The molecule has 1 aromatic carbocycles. The van der Waals surface area contributed by atoms with Crippen LogP contribution < -0.4 is 5.32 Å². The predicted octanol–water partition coefficient (Wildman–Crippen LogP) is 4.67. The first-order valence-corrected chi connectivity index (χ1v) is 11.5. The number of hydrogen-bond acceptors (Lipinski definition) is 5. The number of halogens is 1. The summed E-state index contributed by atoms with van der Waals surface area (Å²) in [6.07, 6.45) is 5.37. The van der Waals surface area contributed by atoms with Gasteiger partial charge >= 0.3 is 0 Å². The third-order valence-corrected chi connectivity index (χ3v) is 5.64. The monoisotopic (exact) mass is 438 g/mol. The molecule has 0 aliphatic carbocycles. The number of aryl methyl sites for hydroxylation is 1. The van der Waals surface area contributed by atoms with Crippen LogP contribution in [0.2, 0.25) is 0 Å². The molecule has 4 aromatic rings. The van der Waals surface area contributed by atoms with Crippen molar-refractivity contribution in [2.24, 2.45) is 0 Å². The molecule has 0 radical (unpaired) electrons. The van der Waals surface area contributed by atoms with Crippen LogP contribution in [0.4, 0.5) is 4.39 Å². The van der Waals surface area contributed by atoms with Crippen molar-refractivity contribution >= 4 is 23.3 Å². The Morgan fingerprint density at radius 3 is 2.84 bits per heavy atom. The fourth-order valence-corrected chi connectivity index (χ4v) is 3.89. The van der Waals surface area contributed by atoms with E-state index < -0.39 is 0 Å². The number of thioether (sulfide) groups is 1. The summed E-state index contributed by atoms with van der Waals surface area (Å²) in [6.45, 7) is 0. The summed E-state index contributed by atoms with van der Waals surface area (Å²) in [6, 6.07) is 15.5. The standard InChI is InChI=1S/C23H23FN4O2S/c1-31-15-13-19(23-27-26-21-8-4-5-14-28(21)23)25-22(29)12-10-16-9-11-20(30-16)17-6-2-3-7-18(17)24/h2-9,11,14,19H,10,12-13,15H2,1H3,(H,25,29). The first kappa shape index (κ1) is 21.1. The summed E-state index contributed by atoms with van der Waals surface area (Å²) in [7, 11) is 0. The highest BCUT2D eigenvalue weighted by Crippen LogP contribution is 2.25. The first-order valence-electron chi connectivity index (χ1n) is 10.1. The van der Waals surface area contributed by atoms with Crippen LogP contribution in [0.25, 0.3) is 17.0 Å². The van der Waals surface area contributed by atoms with Gasteiger partial charge in [-0.15, -0.1) is 10.2 Å². The van der Waals surface area contributed by atoms with Gasteiger partial charge in [0.15, 0.2) is 11.5 Å². The number of carbonyl (C=O) groups is 1. The van der Waals surface area contributed by atoms with E-state index in [2.05, 4.69) is 15.5 Å². The van der Waals surface area contributed by atoms with Crippen LogP contribution in [0.3, 0.4) is 0 Å². The molecular weight excluding hydrogens is 415 g/mol. The molecule has 8 heteroatoms. The van der Waals surface area contributed by atoms with Crippen molar-refractivity contribution in [2.45, 2.75) is 25.3 Å². The van der Waals surface area contributed by atoms with Gasteiger partial charge in [-0.3, -0.25) is 9.20 Å². The highest BCUT2D eigenvalue weighted by Gasteiger charge is 2.20. The molecule has 1 N–H and O–H groups in total. The Morgan fingerprint density at radius 1 is 1.16 bits per heavy atom. The second kappa shape index (κ2) is 9.78. The van der Waals surface area contributed by atoms with Gasteiger partial charge in [0, 0.05) is 19.0 Å². The fraction of sp³-hybridized carbons (Fsp3) is 0.261. The lowest BCUT2D eigenvalue weighted by Gasteiger charge is -2.17. The van der Waals surface area contributed by atoms with E-state index in [0.717, 1.165) is 23.6 Å². The number of hydrogen-bond donors (Lipinski definition) is 1. The Morgan fingerprint density at radius 2 is 2.00 bits per heavy atom. The van der Waals surface area contributed by atoms with Crippen LogP contribution >= 0.6 is 11.8 Å². The molecule has 3 aromatic heterocycles. The lowest BCUT2D eigenvalue weighted by Crippen LogP contribution is -2.30. The zero-order valence-electron chi connectivity index (χ0n) is 17.1. The van der Waals surface area contributed by atoms with Gasteiger partial charge in [-0.05, 0) is 54.8 Å². The molecule has 6 nitrogen and oxygen atoms in total. The van der Waals surface area contributed by atoms with Crippen LogP contribution in [-0.4, -0.2) is 32.5 Å². The highest BCUT2D eigenvalue weighted by atomic mass is 32.2. The molecule has 0 aliphatic heterocycles. The van der Waals surface area contributed by atoms with Gasteiger partial charge in [0.05, 0.1) is 11.6 Å². The molecule has 0 saturated heterocycles. The van der Waals surface area contributed by atoms with Gasteiger partial charge in [0.1, 0.15) is 17.3 Å². The van der Waals surface area contributed by atoms with Gasteiger partial charge in [-0.1, -0.05) is 18.2 Å². The van der Waals surface area contributed by atoms with Crippen LogP contribution in [0.15, 0.2) is 65.2 Å². The molecule has 3 heterocycles. The maximum Gasteiger partial charge on any atom is 0.221 e. The Balaban J connectivity index is 1.41. The molecule has 0 fully saturated rings. The average molecular weight is 439 g/mol. The van der Waals surface area contributed by atoms with Gasteiger partial charge in [-0.2, -0.15) is 11.8 Å². The Bertz CT molecular complexity index is 1170. The fourth-order valence-electron chi connectivity index (χ4n) is 3.42. The molecular formula is C23H23FN4O2S. The minimum Gasteiger partial charge on any atom is -0.461 e. The molecule has 160 valence electrons. The van der Waals surface area contributed by atoms with E-state index in [9.17, 15) is 9.18 Å². The number of nitrogens with one attached hydrogen (secondary N) is 1.